The molecule has 0 aromatic carbocycles. The summed E-state index contributed by atoms with van der Waals surface area (Å²) < 4.78 is 5.34. The van der Waals surface area contributed by atoms with Crippen molar-refractivity contribution in [3.05, 3.63) is 0 Å². The van der Waals surface area contributed by atoms with Crippen LogP contribution in [0.15, 0.2) is 5.16 Å². The fraction of sp³-hybridized carbons (Fsp3) is 0.867. The fourth-order valence-electron chi connectivity index (χ4n) is 2.87. The Morgan fingerprint density at radius 3 is 2.43 bits per heavy atom. The molecule has 21 heavy (non-hydrogen) atoms. The summed E-state index contributed by atoms with van der Waals surface area (Å²) in [6.45, 7) is 5.81. The first-order chi connectivity index (χ1) is 9.87. The van der Waals surface area contributed by atoms with Crippen molar-refractivity contribution in [1.29, 1.82) is 0 Å². The summed E-state index contributed by atoms with van der Waals surface area (Å²) in [6.07, 6.45) is 4.98. The first kappa shape index (κ1) is 17.8. The lowest BCUT2D eigenvalue weighted by atomic mass is 9.74. The van der Waals surface area contributed by atoms with Crippen LogP contribution >= 0.6 is 0 Å². The Morgan fingerprint density at radius 2 is 2.05 bits per heavy atom. The number of nitrogens with two attached hydrogens (primary N) is 1. The van der Waals surface area contributed by atoms with E-state index in [0.29, 0.717) is 25.2 Å². The van der Waals surface area contributed by atoms with Gasteiger partial charge in [-0.15, -0.1) is 0 Å². The molecule has 4 N–H and O–H groups in total. The average Bonchev–Trinajstić information content (AvgIpc) is 2.53. The van der Waals surface area contributed by atoms with Crippen molar-refractivity contribution in [3.63, 3.8) is 0 Å². The van der Waals surface area contributed by atoms with Gasteiger partial charge in [0.15, 0.2) is 5.84 Å². The molecule has 0 heterocycles. The maximum Gasteiger partial charge on any atom is 0.252 e. The largest absolute Gasteiger partial charge is 0.409 e. The standard InChI is InChI=1S/C15H29N3O3/c1-5-11-7-9-15(10-8-11,12(16)18-20)17-13(19)14(3,6-2)21-4/h11,20H,5-10H2,1-4H3,(H2,16,18)(H,17,19). The van der Waals surface area contributed by atoms with E-state index in [4.69, 9.17) is 15.7 Å². The van der Waals surface area contributed by atoms with Gasteiger partial charge in [-0.25, -0.2) is 0 Å². The van der Waals surface area contributed by atoms with E-state index in [9.17, 15) is 4.79 Å². The summed E-state index contributed by atoms with van der Waals surface area (Å²) in [5.41, 5.74) is 4.23. The molecular formula is C15H29N3O3. The Bertz CT molecular complexity index is 384. The number of carbonyl (C=O) groups excluding carboxylic acids is 1. The number of rotatable bonds is 6. The first-order valence-electron chi connectivity index (χ1n) is 7.73. The second kappa shape index (κ2) is 7.11. The van der Waals surface area contributed by atoms with Gasteiger partial charge in [0.2, 0.25) is 0 Å². The van der Waals surface area contributed by atoms with Crippen LogP contribution in [0, 0.1) is 5.92 Å². The Labute approximate surface area is 127 Å². The first-order valence-corrected chi connectivity index (χ1v) is 7.73. The van der Waals surface area contributed by atoms with Crippen LogP contribution < -0.4 is 11.1 Å². The van der Waals surface area contributed by atoms with Crippen LogP contribution in [0.25, 0.3) is 0 Å². The van der Waals surface area contributed by atoms with Crippen LogP contribution in [0.2, 0.25) is 0 Å². The van der Waals surface area contributed by atoms with Gasteiger partial charge in [0.1, 0.15) is 11.1 Å². The summed E-state index contributed by atoms with van der Waals surface area (Å²) >= 11 is 0. The third-order valence-corrected chi connectivity index (χ3v) is 5.09. The molecule has 1 fully saturated rings. The van der Waals surface area contributed by atoms with Crippen LogP contribution in [0.4, 0.5) is 0 Å². The molecule has 6 heteroatoms. The molecule has 0 aliphatic heterocycles. The van der Waals surface area contributed by atoms with Gasteiger partial charge in [-0.3, -0.25) is 4.79 Å². The zero-order valence-electron chi connectivity index (χ0n) is 13.6. The lowest BCUT2D eigenvalue weighted by Gasteiger charge is -2.41. The number of amides is 1. The Morgan fingerprint density at radius 1 is 1.48 bits per heavy atom. The minimum Gasteiger partial charge on any atom is -0.409 e. The van der Waals surface area contributed by atoms with Crippen LogP contribution in [0.5, 0.6) is 0 Å². The minimum absolute atomic E-state index is 0.0833. The highest BCUT2D eigenvalue weighted by molar-refractivity contribution is 5.96. The zero-order valence-corrected chi connectivity index (χ0v) is 13.6. The van der Waals surface area contributed by atoms with E-state index >= 15 is 0 Å². The van der Waals surface area contributed by atoms with Crippen molar-refractivity contribution in [2.75, 3.05) is 7.11 Å². The van der Waals surface area contributed by atoms with Gasteiger partial charge in [-0.2, -0.15) is 0 Å². The van der Waals surface area contributed by atoms with Gasteiger partial charge in [0.25, 0.3) is 5.91 Å². The molecule has 1 rings (SSSR count). The number of nitrogens with one attached hydrogen (secondary N) is 1. The van der Waals surface area contributed by atoms with Crippen molar-refractivity contribution in [3.8, 4) is 0 Å². The topological polar surface area (TPSA) is 96.9 Å². The van der Waals surface area contributed by atoms with Crippen molar-refractivity contribution in [2.45, 2.75) is 70.4 Å². The number of hydrogen-bond acceptors (Lipinski definition) is 4. The molecule has 6 nitrogen and oxygen atoms in total. The van der Waals surface area contributed by atoms with Gasteiger partial charge >= 0.3 is 0 Å². The summed E-state index contributed by atoms with van der Waals surface area (Å²) in [7, 11) is 1.52. The number of oxime groups is 1. The predicted octanol–water partition coefficient (Wildman–Crippen LogP) is 2.00. The van der Waals surface area contributed by atoms with E-state index in [2.05, 4.69) is 17.4 Å². The van der Waals surface area contributed by atoms with E-state index < -0.39 is 11.1 Å². The van der Waals surface area contributed by atoms with Gasteiger partial charge < -0.3 is 21.0 Å². The number of ether oxygens (including phenoxy) is 1. The van der Waals surface area contributed by atoms with E-state index in [1.165, 1.54) is 7.11 Å². The summed E-state index contributed by atoms with van der Waals surface area (Å²) in [4.78, 5) is 12.5. The minimum atomic E-state index is -0.898. The van der Waals surface area contributed by atoms with Gasteiger partial charge in [0, 0.05) is 7.11 Å². The predicted molar refractivity (Wildman–Crippen MR) is 82.2 cm³/mol. The normalized spacial score (nSPS) is 29.7. The molecule has 1 amide bonds. The summed E-state index contributed by atoms with van der Waals surface area (Å²) in [5, 5.41) is 15.2. The Balaban J connectivity index is 2.93. The number of hydrogen-bond donors (Lipinski definition) is 3. The maximum atomic E-state index is 12.5. The molecule has 0 radical (unpaired) electrons. The zero-order chi connectivity index (χ0) is 16.1. The molecule has 0 bridgehead atoms. The molecule has 1 saturated carbocycles. The molecular weight excluding hydrogens is 270 g/mol. The highest BCUT2D eigenvalue weighted by Gasteiger charge is 2.43. The third-order valence-electron chi connectivity index (χ3n) is 5.09. The number of nitrogens with zero attached hydrogens (tertiary/aromatic N) is 1. The second-order valence-corrected chi connectivity index (χ2v) is 6.16. The summed E-state index contributed by atoms with van der Waals surface area (Å²) in [5.74, 6) is 0.510. The molecule has 0 spiro atoms. The van der Waals surface area contributed by atoms with Gasteiger partial charge in [0.05, 0.1) is 0 Å². The van der Waals surface area contributed by atoms with E-state index in [0.717, 1.165) is 19.3 Å². The highest BCUT2D eigenvalue weighted by atomic mass is 16.5. The molecule has 1 aliphatic carbocycles. The monoisotopic (exact) mass is 299 g/mol. The van der Waals surface area contributed by atoms with Crippen molar-refractivity contribution < 1.29 is 14.7 Å². The van der Waals surface area contributed by atoms with Crippen LogP contribution in [0.3, 0.4) is 0 Å². The van der Waals surface area contributed by atoms with E-state index in [1.54, 1.807) is 6.92 Å². The quantitative estimate of drug-likeness (QED) is 0.302. The lowest BCUT2D eigenvalue weighted by molar-refractivity contribution is -0.143. The van der Waals surface area contributed by atoms with E-state index in [-0.39, 0.29) is 11.7 Å². The van der Waals surface area contributed by atoms with Crippen molar-refractivity contribution >= 4 is 11.7 Å². The van der Waals surface area contributed by atoms with Gasteiger partial charge in [-0.05, 0) is 44.9 Å². The van der Waals surface area contributed by atoms with Crippen LogP contribution in [-0.4, -0.2) is 35.2 Å². The van der Waals surface area contributed by atoms with Crippen LogP contribution in [-0.2, 0) is 9.53 Å². The summed E-state index contributed by atoms with van der Waals surface area (Å²) in [6, 6.07) is 0. The second-order valence-electron chi connectivity index (χ2n) is 6.16. The lowest BCUT2D eigenvalue weighted by Crippen LogP contribution is -2.63. The van der Waals surface area contributed by atoms with E-state index in [1.807, 2.05) is 6.92 Å². The third kappa shape index (κ3) is 3.67. The van der Waals surface area contributed by atoms with Crippen molar-refractivity contribution in [1.82, 2.24) is 5.32 Å². The number of amidine groups is 1. The number of carbonyl (C=O) groups is 1. The van der Waals surface area contributed by atoms with Gasteiger partial charge in [-0.1, -0.05) is 25.4 Å². The molecule has 0 aromatic rings. The molecule has 1 aliphatic rings. The molecule has 1 atom stereocenters. The average molecular weight is 299 g/mol. The Kier molecular flexibility index (Phi) is 6.01. The fourth-order valence-corrected chi connectivity index (χ4v) is 2.87. The van der Waals surface area contributed by atoms with Crippen molar-refractivity contribution in [2.24, 2.45) is 16.8 Å². The highest BCUT2D eigenvalue weighted by Crippen LogP contribution is 2.34. The number of methoxy groups -OCH3 is 1. The molecule has 0 aromatic heterocycles. The molecule has 122 valence electrons. The SMILES string of the molecule is CCC1CCC(NC(=O)C(C)(CC)OC)(C(N)=NO)CC1. The smallest absolute Gasteiger partial charge is 0.252 e. The molecule has 0 saturated heterocycles. The molecule has 1 unspecified atom stereocenters. The van der Waals surface area contributed by atoms with Crippen LogP contribution in [0.1, 0.15) is 59.3 Å². The Hall–Kier alpha value is -1.30. The maximum absolute atomic E-state index is 12.5.